The van der Waals surface area contributed by atoms with Crippen LogP contribution in [0.15, 0.2) is 22.7 Å². The van der Waals surface area contributed by atoms with Crippen LogP contribution in [0, 0.1) is 5.82 Å². The SMILES string of the molecule is Fc1ccc(CNCC2CN(C3CC3)CCO2)cc1Br. The third-order valence-corrected chi connectivity index (χ3v) is 4.53. The summed E-state index contributed by atoms with van der Waals surface area (Å²) < 4.78 is 19.5. The number of nitrogens with one attached hydrogen (secondary N) is 1. The normalized spacial score (nSPS) is 24.0. The van der Waals surface area contributed by atoms with Gasteiger partial charge in [0.25, 0.3) is 0 Å². The largest absolute Gasteiger partial charge is 0.374 e. The fourth-order valence-corrected chi connectivity index (χ4v) is 3.09. The third-order valence-electron chi connectivity index (χ3n) is 3.92. The summed E-state index contributed by atoms with van der Waals surface area (Å²) in [6, 6.07) is 5.94. The van der Waals surface area contributed by atoms with Crippen molar-refractivity contribution in [2.45, 2.75) is 31.5 Å². The van der Waals surface area contributed by atoms with Gasteiger partial charge in [-0.1, -0.05) is 6.07 Å². The van der Waals surface area contributed by atoms with Crippen LogP contribution in [-0.2, 0) is 11.3 Å². The van der Waals surface area contributed by atoms with Gasteiger partial charge >= 0.3 is 0 Å². The van der Waals surface area contributed by atoms with Gasteiger partial charge in [0, 0.05) is 32.2 Å². The molecule has 20 heavy (non-hydrogen) atoms. The second-order valence-corrected chi connectivity index (χ2v) is 6.45. The van der Waals surface area contributed by atoms with Crippen LogP contribution in [0.3, 0.4) is 0 Å². The summed E-state index contributed by atoms with van der Waals surface area (Å²) in [6.07, 6.45) is 2.97. The van der Waals surface area contributed by atoms with Crippen molar-refractivity contribution in [1.29, 1.82) is 0 Å². The van der Waals surface area contributed by atoms with Crippen LogP contribution in [0.25, 0.3) is 0 Å². The fraction of sp³-hybridized carbons (Fsp3) is 0.600. The third kappa shape index (κ3) is 3.79. The van der Waals surface area contributed by atoms with E-state index in [0.717, 1.165) is 44.4 Å². The van der Waals surface area contributed by atoms with Crippen LogP contribution in [-0.4, -0.2) is 43.3 Å². The summed E-state index contributed by atoms with van der Waals surface area (Å²) in [6.45, 7) is 4.53. The van der Waals surface area contributed by atoms with E-state index in [2.05, 4.69) is 26.1 Å². The Bertz CT molecular complexity index is 467. The Morgan fingerprint density at radius 1 is 1.40 bits per heavy atom. The Hall–Kier alpha value is -0.490. The minimum Gasteiger partial charge on any atom is -0.374 e. The number of ether oxygens (including phenoxy) is 1. The van der Waals surface area contributed by atoms with Gasteiger partial charge in [0.1, 0.15) is 5.82 Å². The number of nitrogens with zero attached hydrogens (tertiary/aromatic N) is 1. The van der Waals surface area contributed by atoms with Gasteiger partial charge in [-0.3, -0.25) is 4.90 Å². The van der Waals surface area contributed by atoms with Crippen LogP contribution in [0.1, 0.15) is 18.4 Å². The van der Waals surface area contributed by atoms with Crippen LogP contribution in [0.2, 0.25) is 0 Å². The number of hydrogen-bond acceptors (Lipinski definition) is 3. The topological polar surface area (TPSA) is 24.5 Å². The lowest BCUT2D eigenvalue weighted by atomic mass is 10.2. The maximum Gasteiger partial charge on any atom is 0.137 e. The Balaban J connectivity index is 1.43. The molecule has 1 atom stereocenters. The molecule has 0 amide bonds. The molecule has 0 bridgehead atoms. The minimum absolute atomic E-state index is 0.218. The van der Waals surface area contributed by atoms with Gasteiger partial charge in [0.15, 0.2) is 0 Å². The lowest BCUT2D eigenvalue weighted by molar-refractivity contribution is -0.0301. The number of benzene rings is 1. The van der Waals surface area contributed by atoms with Crippen molar-refractivity contribution in [2.75, 3.05) is 26.2 Å². The molecular formula is C15H20BrFN2O. The highest BCUT2D eigenvalue weighted by atomic mass is 79.9. The van der Waals surface area contributed by atoms with Gasteiger partial charge in [-0.15, -0.1) is 0 Å². The number of hydrogen-bond donors (Lipinski definition) is 1. The van der Waals surface area contributed by atoms with Gasteiger partial charge in [0.2, 0.25) is 0 Å². The number of halogens is 2. The van der Waals surface area contributed by atoms with E-state index in [9.17, 15) is 4.39 Å². The monoisotopic (exact) mass is 342 g/mol. The molecule has 1 aliphatic carbocycles. The molecule has 2 fully saturated rings. The van der Waals surface area contributed by atoms with E-state index in [4.69, 9.17) is 4.74 Å². The van der Waals surface area contributed by atoms with Crippen LogP contribution < -0.4 is 5.32 Å². The molecule has 1 saturated carbocycles. The second kappa shape index (κ2) is 6.52. The van der Waals surface area contributed by atoms with E-state index in [1.807, 2.05) is 12.1 Å². The molecule has 3 nitrogen and oxygen atoms in total. The molecule has 3 rings (SSSR count). The zero-order valence-corrected chi connectivity index (χ0v) is 13.0. The summed E-state index contributed by atoms with van der Waals surface area (Å²) in [5.74, 6) is -0.218. The number of rotatable bonds is 5. The zero-order valence-electron chi connectivity index (χ0n) is 11.4. The molecular weight excluding hydrogens is 323 g/mol. The Labute approximate surface area is 127 Å². The molecule has 1 unspecified atom stereocenters. The van der Waals surface area contributed by atoms with E-state index in [-0.39, 0.29) is 11.9 Å². The van der Waals surface area contributed by atoms with Gasteiger partial charge in [-0.05, 0) is 46.5 Å². The van der Waals surface area contributed by atoms with Crippen molar-refractivity contribution in [1.82, 2.24) is 10.2 Å². The van der Waals surface area contributed by atoms with E-state index in [0.29, 0.717) is 4.47 Å². The molecule has 0 aromatic heterocycles. The van der Waals surface area contributed by atoms with Crippen molar-refractivity contribution in [3.8, 4) is 0 Å². The van der Waals surface area contributed by atoms with Crippen molar-refractivity contribution in [3.05, 3.63) is 34.1 Å². The quantitative estimate of drug-likeness (QED) is 0.889. The molecule has 1 heterocycles. The summed E-state index contributed by atoms with van der Waals surface area (Å²) >= 11 is 3.21. The molecule has 110 valence electrons. The average Bonchev–Trinajstić information content (AvgIpc) is 3.28. The molecule has 1 N–H and O–H groups in total. The Kier molecular flexibility index (Phi) is 4.71. The summed E-state index contributed by atoms with van der Waals surface area (Å²) in [7, 11) is 0. The standard InChI is InChI=1S/C15H20BrFN2O/c16-14-7-11(1-4-15(14)17)8-18-9-13-10-19(5-6-20-13)12-2-3-12/h1,4,7,12-13,18H,2-3,5-6,8-10H2. The maximum atomic E-state index is 13.1. The predicted octanol–water partition coefficient (Wildman–Crippen LogP) is 2.54. The van der Waals surface area contributed by atoms with Gasteiger partial charge in [-0.25, -0.2) is 4.39 Å². The van der Waals surface area contributed by atoms with Crippen LogP contribution in [0.5, 0.6) is 0 Å². The van der Waals surface area contributed by atoms with Crippen molar-refractivity contribution in [3.63, 3.8) is 0 Å². The molecule has 0 spiro atoms. The Morgan fingerprint density at radius 3 is 3.00 bits per heavy atom. The predicted molar refractivity (Wildman–Crippen MR) is 80.1 cm³/mol. The summed E-state index contributed by atoms with van der Waals surface area (Å²) in [5, 5.41) is 3.40. The van der Waals surface area contributed by atoms with E-state index in [1.54, 1.807) is 0 Å². The molecule has 1 saturated heterocycles. The van der Waals surface area contributed by atoms with Crippen molar-refractivity contribution < 1.29 is 9.13 Å². The maximum absolute atomic E-state index is 13.1. The Morgan fingerprint density at radius 2 is 2.25 bits per heavy atom. The van der Waals surface area contributed by atoms with Crippen LogP contribution >= 0.6 is 15.9 Å². The molecule has 1 aromatic carbocycles. The zero-order chi connectivity index (χ0) is 13.9. The van der Waals surface area contributed by atoms with E-state index < -0.39 is 0 Å². The summed E-state index contributed by atoms with van der Waals surface area (Å²) in [4.78, 5) is 2.55. The van der Waals surface area contributed by atoms with Gasteiger partial charge in [0.05, 0.1) is 17.2 Å². The lowest BCUT2D eigenvalue weighted by Gasteiger charge is -2.33. The minimum atomic E-state index is -0.218. The average molecular weight is 343 g/mol. The lowest BCUT2D eigenvalue weighted by Crippen LogP contribution is -2.47. The van der Waals surface area contributed by atoms with Crippen LogP contribution in [0.4, 0.5) is 4.39 Å². The first kappa shape index (κ1) is 14.4. The molecule has 1 aliphatic heterocycles. The highest BCUT2D eigenvalue weighted by Gasteiger charge is 2.32. The highest BCUT2D eigenvalue weighted by Crippen LogP contribution is 2.28. The molecule has 5 heteroatoms. The first-order chi connectivity index (χ1) is 9.72. The highest BCUT2D eigenvalue weighted by molar-refractivity contribution is 9.10. The fourth-order valence-electron chi connectivity index (χ4n) is 2.66. The van der Waals surface area contributed by atoms with Crippen molar-refractivity contribution >= 4 is 15.9 Å². The first-order valence-corrected chi connectivity index (χ1v) is 8.02. The first-order valence-electron chi connectivity index (χ1n) is 7.22. The molecule has 0 radical (unpaired) electrons. The van der Waals surface area contributed by atoms with E-state index in [1.165, 1.54) is 18.9 Å². The number of morpholine rings is 1. The smallest absolute Gasteiger partial charge is 0.137 e. The van der Waals surface area contributed by atoms with Gasteiger partial charge in [-0.2, -0.15) is 0 Å². The van der Waals surface area contributed by atoms with Gasteiger partial charge < -0.3 is 10.1 Å². The second-order valence-electron chi connectivity index (χ2n) is 5.60. The summed E-state index contributed by atoms with van der Waals surface area (Å²) in [5.41, 5.74) is 1.08. The molecule has 2 aliphatic rings. The van der Waals surface area contributed by atoms with Crippen molar-refractivity contribution in [2.24, 2.45) is 0 Å². The molecule has 1 aromatic rings. The van der Waals surface area contributed by atoms with E-state index >= 15 is 0 Å².